The van der Waals surface area contributed by atoms with Gasteiger partial charge in [-0.3, -0.25) is 0 Å². The molecular weight excluding hydrogens is 296 g/mol. The third-order valence-electron chi connectivity index (χ3n) is 4.22. The summed E-state index contributed by atoms with van der Waals surface area (Å²) in [6, 6.07) is 10.1. The van der Waals surface area contributed by atoms with Crippen LogP contribution in [0.3, 0.4) is 0 Å². The minimum atomic E-state index is -0.495. The van der Waals surface area contributed by atoms with Crippen molar-refractivity contribution in [2.45, 2.75) is 51.8 Å². The van der Waals surface area contributed by atoms with Gasteiger partial charge in [-0.05, 0) is 38.8 Å². The SMILES string of the molecule is CC1CCCC(C)N1N[n+]1noc([O-])c1COc1ccccc1. The van der Waals surface area contributed by atoms with E-state index in [9.17, 15) is 5.11 Å². The third-order valence-corrected chi connectivity index (χ3v) is 4.22. The van der Waals surface area contributed by atoms with Gasteiger partial charge in [0.05, 0.1) is 4.79 Å². The summed E-state index contributed by atoms with van der Waals surface area (Å²) in [4.78, 5) is 1.38. The van der Waals surface area contributed by atoms with Gasteiger partial charge in [0.15, 0.2) is 12.6 Å². The maximum atomic E-state index is 11.9. The van der Waals surface area contributed by atoms with E-state index in [1.165, 1.54) is 11.2 Å². The molecule has 0 radical (unpaired) electrons. The smallest absolute Gasteiger partial charge is 0.305 e. The Morgan fingerprint density at radius 3 is 2.70 bits per heavy atom. The quantitative estimate of drug-likeness (QED) is 0.838. The van der Waals surface area contributed by atoms with Crippen LogP contribution in [0.15, 0.2) is 34.9 Å². The molecule has 2 unspecified atom stereocenters. The first kappa shape index (κ1) is 15.6. The number of piperidine rings is 1. The fourth-order valence-electron chi connectivity index (χ4n) is 2.86. The van der Waals surface area contributed by atoms with E-state index in [2.05, 4.69) is 29.7 Å². The second-order valence-corrected chi connectivity index (χ2v) is 5.96. The molecule has 1 aliphatic rings. The Balaban J connectivity index is 1.71. The number of nitrogens with zero attached hydrogens (tertiary/aromatic N) is 3. The molecule has 2 aromatic rings. The molecule has 1 aliphatic heterocycles. The number of benzene rings is 1. The van der Waals surface area contributed by atoms with E-state index >= 15 is 0 Å². The highest BCUT2D eigenvalue weighted by molar-refractivity contribution is 5.21. The molecular formula is C16H22N4O3. The van der Waals surface area contributed by atoms with Crippen LogP contribution in [-0.2, 0) is 6.61 Å². The maximum Gasteiger partial charge on any atom is 0.305 e. The Morgan fingerprint density at radius 1 is 1.30 bits per heavy atom. The Morgan fingerprint density at radius 2 is 2.00 bits per heavy atom. The van der Waals surface area contributed by atoms with E-state index in [0.29, 0.717) is 23.5 Å². The lowest BCUT2D eigenvalue weighted by Gasteiger charge is -2.35. The zero-order valence-corrected chi connectivity index (χ0v) is 13.4. The van der Waals surface area contributed by atoms with E-state index in [1.54, 1.807) is 0 Å². The van der Waals surface area contributed by atoms with Gasteiger partial charge in [-0.25, -0.2) is 0 Å². The molecule has 3 rings (SSSR count). The molecule has 0 aliphatic carbocycles. The van der Waals surface area contributed by atoms with Crippen molar-refractivity contribution in [3.63, 3.8) is 0 Å². The molecule has 1 aromatic heterocycles. The van der Waals surface area contributed by atoms with Crippen molar-refractivity contribution in [2.75, 3.05) is 5.53 Å². The van der Waals surface area contributed by atoms with Crippen LogP contribution in [0.4, 0.5) is 0 Å². The fourth-order valence-corrected chi connectivity index (χ4v) is 2.86. The highest BCUT2D eigenvalue weighted by Gasteiger charge is 2.30. The summed E-state index contributed by atoms with van der Waals surface area (Å²) in [6.07, 6.45) is 3.42. The van der Waals surface area contributed by atoms with Crippen molar-refractivity contribution in [3.8, 4) is 11.7 Å². The molecule has 2 atom stereocenters. The van der Waals surface area contributed by atoms with Crippen molar-refractivity contribution in [1.82, 2.24) is 10.3 Å². The average molecular weight is 318 g/mol. The monoisotopic (exact) mass is 318 g/mol. The van der Waals surface area contributed by atoms with Crippen LogP contribution >= 0.6 is 0 Å². The second kappa shape index (κ2) is 6.87. The summed E-state index contributed by atoms with van der Waals surface area (Å²) in [5.74, 6) is 0.199. The van der Waals surface area contributed by atoms with Crippen molar-refractivity contribution in [1.29, 1.82) is 0 Å². The molecule has 7 nitrogen and oxygen atoms in total. The lowest BCUT2D eigenvalue weighted by molar-refractivity contribution is -0.743. The fraction of sp³-hybridized carbons (Fsp3) is 0.500. The van der Waals surface area contributed by atoms with Gasteiger partial charge in [0, 0.05) is 12.1 Å². The van der Waals surface area contributed by atoms with E-state index < -0.39 is 5.95 Å². The molecule has 23 heavy (non-hydrogen) atoms. The van der Waals surface area contributed by atoms with Crippen LogP contribution in [0, 0.1) is 0 Å². The van der Waals surface area contributed by atoms with Crippen LogP contribution in [0.2, 0.25) is 0 Å². The van der Waals surface area contributed by atoms with Gasteiger partial charge >= 0.3 is 5.69 Å². The third kappa shape index (κ3) is 3.56. The lowest BCUT2D eigenvalue weighted by atomic mass is 10.00. The first-order valence-corrected chi connectivity index (χ1v) is 7.96. The number of hydrogen-bond donors (Lipinski definition) is 1. The minimum Gasteiger partial charge on any atom is -0.539 e. The zero-order valence-electron chi connectivity index (χ0n) is 13.4. The summed E-state index contributed by atoms with van der Waals surface area (Å²) >= 11 is 0. The number of nitrogens with one attached hydrogen (secondary N) is 1. The van der Waals surface area contributed by atoms with Gasteiger partial charge in [0.2, 0.25) is 0 Å². The average Bonchev–Trinajstić information content (AvgIpc) is 2.90. The summed E-state index contributed by atoms with van der Waals surface area (Å²) in [5, 5.41) is 17.8. The molecule has 1 fully saturated rings. The van der Waals surface area contributed by atoms with Gasteiger partial charge in [-0.15, -0.1) is 0 Å². The molecule has 0 amide bonds. The zero-order chi connectivity index (χ0) is 16.2. The number of aromatic nitrogens is 2. The van der Waals surface area contributed by atoms with Crippen LogP contribution in [0.1, 0.15) is 38.8 Å². The van der Waals surface area contributed by atoms with Crippen LogP contribution in [-0.4, -0.2) is 22.4 Å². The normalized spacial score (nSPS) is 22.0. The number of para-hydroxylation sites is 1. The molecule has 2 heterocycles. The van der Waals surface area contributed by atoms with Crippen molar-refractivity contribution >= 4 is 0 Å². The summed E-state index contributed by atoms with van der Waals surface area (Å²) in [5.41, 5.74) is 3.50. The number of hydrogen-bond acceptors (Lipinski definition) is 6. The van der Waals surface area contributed by atoms with E-state index in [-0.39, 0.29) is 6.61 Å². The van der Waals surface area contributed by atoms with Crippen LogP contribution < -0.4 is 20.2 Å². The van der Waals surface area contributed by atoms with Gasteiger partial charge in [-0.1, -0.05) is 30.2 Å². The molecule has 0 bridgehead atoms. The van der Waals surface area contributed by atoms with E-state index in [4.69, 9.17) is 9.26 Å². The molecule has 0 saturated carbocycles. The van der Waals surface area contributed by atoms with Crippen molar-refractivity contribution < 1.29 is 19.2 Å². The molecule has 1 saturated heterocycles. The number of ether oxygens (including phenoxy) is 1. The molecule has 1 N–H and O–H groups in total. The highest BCUT2D eigenvalue weighted by Crippen LogP contribution is 2.20. The Kier molecular flexibility index (Phi) is 4.66. The second-order valence-electron chi connectivity index (χ2n) is 5.96. The van der Waals surface area contributed by atoms with Crippen molar-refractivity contribution in [2.24, 2.45) is 0 Å². The number of hydrazine groups is 1. The lowest BCUT2D eigenvalue weighted by Crippen LogP contribution is -2.63. The van der Waals surface area contributed by atoms with Crippen molar-refractivity contribution in [3.05, 3.63) is 36.0 Å². The first-order valence-electron chi connectivity index (χ1n) is 7.96. The topological polar surface area (TPSA) is 77.5 Å². The first-order chi connectivity index (χ1) is 11.1. The molecule has 7 heteroatoms. The Hall–Kier alpha value is -2.28. The van der Waals surface area contributed by atoms with Gasteiger partial charge < -0.3 is 14.4 Å². The van der Waals surface area contributed by atoms with Crippen LogP contribution in [0.5, 0.6) is 11.7 Å². The summed E-state index contributed by atoms with van der Waals surface area (Å²) in [6.45, 7) is 4.40. The highest BCUT2D eigenvalue weighted by atomic mass is 16.6. The number of rotatable bonds is 5. The van der Waals surface area contributed by atoms with Gasteiger partial charge in [0.1, 0.15) is 11.0 Å². The maximum absolute atomic E-state index is 11.9. The van der Waals surface area contributed by atoms with E-state index in [1.807, 2.05) is 30.3 Å². The summed E-state index contributed by atoms with van der Waals surface area (Å²) < 4.78 is 10.4. The predicted octanol–water partition coefficient (Wildman–Crippen LogP) is 1.34. The Labute approximate surface area is 135 Å². The van der Waals surface area contributed by atoms with E-state index in [0.717, 1.165) is 12.8 Å². The standard InChI is InChI=1S/C16H22N4O3/c1-12-7-6-8-13(2)19(12)17-20-15(16(21)23-18-20)11-22-14-9-4-3-5-10-14/h3-5,9-10,12-13H,6-8,11H2,1-2H3,(H-,17,18,21). The minimum absolute atomic E-state index is 0.0932. The van der Waals surface area contributed by atoms with Gasteiger partial charge in [-0.2, -0.15) is 5.01 Å². The summed E-state index contributed by atoms with van der Waals surface area (Å²) in [7, 11) is 0. The van der Waals surface area contributed by atoms with Gasteiger partial charge in [0.25, 0.3) is 0 Å². The Bertz CT molecular complexity index is 622. The largest absolute Gasteiger partial charge is 0.539 e. The molecule has 124 valence electrons. The van der Waals surface area contributed by atoms with Crippen LogP contribution in [0.25, 0.3) is 0 Å². The predicted molar refractivity (Wildman–Crippen MR) is 80.9 cm³/mol. The molecule has 0 spiro atoms. The molecule has 1 aromatic carbocycles.